The molecule has 0 aliphatic heterocycles. The van der Waals surface area contributed by atoms with Gasteiger partial charge in [-0.2, -0.15) is 5.10 Å². The Balaban J connectivity index is 1.45. The summed E-state index contributed by atoms with van der Waals surface area (Å²) in [6.45, 7) is 6.74. The number of aryl methyl sites for hydroxylation is 3. The Morgan fingerprint density at radius 1 is 1.25 bits per heavy atom. The molecule has 0 radical (unpaired) electrons. The number of nitrogens with zero attached hydrogens (tertiary/aromatic N) is 3. The zero-order valence-corrected chi connectivity index (χ0v) is 15.6. The van der Waals surface area contributed by atoms with E-state index in [0.717, 1.165) is 53.3 Å². The monoisotopic (exact) mass is 387 g/mol. The van der Waals surface area contributed by atoms with Crippen molar-refractivity contribution in [3.05, 3.63) is 58.2 Å². The summed E-state index contributed by atoms with van der Waals surface area (Å²) in [7, 11) is 0. The first kappa shape index (κ1) is 16.9. The summed E-state index contributed by atoms with van der Waals surface area (Å²) in [6.07, 6.45) is 2.93. The Bertz CT molecular complexity index is 805. The topological polar surface area (TPSA) is 58.5 Å². The molecule has 0 amide bonds. The van der Waals surface area contributed by atoms with Crippen molar-refractivity contribution in [1.29, 1.82) is 0 Å². The third-order valence-electron chi connectivity index (χ3n) is 3.88. The lowest BCUT2D eigenvalue weighted by Crippen LogP contribution is -2.18. The van der Waals surface area contributed by atoms with Gasteiger partial charge in [-0.3, -0.25) is 4.68 Å². The average Bonchev–Trinajstić information content (AvgIpc) is 3.14. The Kier molecular flexibility index (Phi) is 5.48. The Morgan fingerprint density at radius 3 is 2.88 bits per heavy atom. The van der Waals surface area contributed by atoms with Crippen molar-refractivity contribution >= 4 is 15.9 Å². The number of halogens is 1. The fraction of sp³-hybridized carbons (Fsp3) is 0.333. The molecule has 3 rings (SSSR count). The lowest BCUT2D eigenvalue weighted by molar-refractivity contribution is 0.528. The maximum absolute atomic E-state index is 4.48. The van der Waals surface area contributed by atoms with Gasteiger partial charge in [0.05, 0.1) is 24.1 Å². The third-order valence-corrected chi connectivity index (χ3v) is 4.38. The second-order valence-corrected chi connectivity index (χ2v) is 6.85. The summed E-state index contributed by atoms with van der Waals surface area (Å²) in [5, 5.41) is 7.91. The molecule has 6 heteroatoms. The Morgan fingerprint density at radius 2 is 2.12 bits per heavy atom. The molecule has 0 spiro atoms. The molecule has 0 aliphatic rings. The minimum atomic E-state index is 0.741. The van der Waals surface area contributed by atoms with Crippen LogP contribution in [-0.4, -0.2) is 26.3 Å². The van der Waals surface area contributed by atoms with Gasteiger partial charge in [0.2, 0.25) is 0 Å². The SMILES string of the molecule is Cc1cc(C)n(CCCNCc2ncc(-c3cccc(Br)c3)[nH]2)n1. The van der Waals surface area contributed by atoms with E-state index in [2.05, 4.69) is 66.1 Å². The normalized spacial score (nSPS) is 11.1. The molecular formula is C18H22BrN5. The molecule has 0 unspecified atom stereocenters. The van der Waals surface area contributed by atoms with Crippen LogP contribution in [-0.2, 0) is 13.1 Å². The summed E-state index contributed by atoms with van der Waals surface area (Å²) in [5.74, 6) is 0.955. The predicted molar refractivity (Wildman–Crippen MR) is 99.7 cm³/mol. The van der Waals surface area contributed by atoms with Crippen molar-refractivity contribution in [3.8, 4) is 11.3 Å². The van der Waals surface area contributed by atoms with E-state index in [9.17, 15) is 0 Å². The molecule has 0 fully saturated rings. The van der Waals surface area contributed by atoms with Crippen LogP contribution in [0.4, 0.5) is 0 Å². The van der Waals surface area contributed by atoms with Crippen LogP contribution in [0.3, 0.4) is 0 Å². The molecule has 0 saturated carbocycles. The number of imidazole rings is 1. The molecule has 2 aromatic heterocycles. The number of benzene rings is 1. The van der Waals surface area contributed by atoms with E-state index in [0.29, 0.717) is 0 Å². The maximum atomic E-state index is 4.48. The average molecular weight is 388 g/mol. The number of hydrogen-bond acceptors (Lipinski definition) is 3. The van der Waals surface area contributed by atoms with Crippen molar-refractivity contribution in [1.82, 2.24) is 25.1 Å². The fourth-order valence-electron chi connectivity index (χ4n) is 2.72. The molecule has 126 valence electrons. The van der Waals surface area contributed by atoms with Crippen LogP contribution in [0.5, 0.6) is 0 Å². The molecule has 2 heterocycles. The van der Waals surface area contributed by atoms with Crippen LogP contribution in [0.2, 0.25) is 0 Å². The van der Waals surface area contributed by atoms with Crippen LogP contribution in [0.1, 0.15) is 23.6 Å². The highest BCUT2D eigenvalue weighted by Crippen LogP contribution is 2.21. The highest BCUT2D eigenvalue weighted by atomic mass is 79.9. The quantitative estimate of drug-likeness (QED) is 0.605. The van der Waals surface area contributed by atoms with Gasteiger partial charge in [0.1, 0.15) is 5.82 Å². The van der Waals surface area contributed by atoms with Gasteiger partial charge in [0.25, 0.3) is 0 Å². The van der Waals surface area contributed by atoms with Crippen molar-refractivity contribution in [3.63, 3.8) is 0 Å². The van der Waals surface area contributed by atoms with Crippen molar-refractivity contribution in [2.45, 2.75) is 33.4 Å². The molecule has 0 saturated heterocycles. The van der Waals surface area contributed by atoms with Crippen molar-refractivity contribution < 1.29 is 0 Å². The molecule has 5 nitrogen and oxygen atoms in total. The Labute approximate surface area is 150 Å². The minimum absolute atomic E-state index is 0.741. The highest BCUT2D eigenvalue weighted by molar-refractivity contribution is 9.10. The number of hydrogen-bond donors (Lipinski definition) is 2. The van der Waals surface area contributed by atoms with E-state index in [1.807, 2.05) is 25.3 Å². The first-order valence-corrected chi connectivity index (χ1v) is 8.93. The second kappa shape index (κ2) is 7.77. The van der Waals surface area contributed by atoms with Gasteiger partial charge in [0, 0.05) is 22.3 Å². The number of rotatable bonds is 7. The van der Waals surface area contributed by atoms with E-state index >= 15 is 0 Å². The van der Waals surface area contributed by atoms with E-state index in [-0.39, 0.29) is 0 Å². The molecule has 0 bridgehead atoms. The van der Waals surface area contributed by atoms with Gasteiger partial charge in [-0.1, -0.05) is 28.1 Å². The Hall–Kier alpha value is -1.92. The van der Waals surface area contributed by atoms with E-state index in [1.54, 1.807) is 0 Å². The fourth-order valence-corrected chi connectivity index (χ4v) is 3.12. The number of aromatic amines is 1. The zero-order valence-electron chi connectivity index (χ0n) is 14.0. The first-order valence-electron chi connectivity index (χ1n) is 8.13. The molecule has 24 heavy (non-hydrogen) atoms. The summed E-state index contributed by atoms with van der Waals surface area (Å²) >= 11 is 3.50. The zero-order chi connectivity index (χ0) is 16.9. The summed E-state index contributed by atoms with van der Waals surface area (Å²) in [5.41, 5.74) is 4.47. The van der Waals surface area contributed by atoms with Crippen LogP contribution in [0, 0.1) is 13.8 Å². The lowest BCUT2D eigenvalue weighted by Gasteiger charge is -2.05. The van der Waals surface area contributed by atoms with Crippen LogP contribution >= 0.6 is 15.9 Å². The van der Waals surface area contributed by atoms with Crippen molar-refractivity contribution in [2.24, 2.45) is 0 Å². The molecule has 2 N–H and O–H groups in total. The van der Waals surface area contributed by atoms with E-state index < -0.39 is 0 Å². The molecule has 0 atom stereocenters. The molecule has 3 aromatic rings. The van der Waals surface area contributed by atoms with Gasteiger partial charge >= 0.3 is 0 Å². The van der Waals surface area contributed by atoms with Crippen molar-refractivity contribution in [2.75, 3.05) is 6.54 Å². The maximum Gasteiger partial charge on any atom is 0.120 e. The van der Waals surface area contributed by atoms with Crippen LogP contribution < -0.4 is 5.32 Å². The lowest BCUT2D eigenvalue weighted by atomic mass is 10.2. The molecule has 0 aliphatic carbocycles. The highest BCUT2D eigenvalue weighted by Gasteiger charge is 2.04. The van der Waals surface area contributed by atoms with Gasteiger partial charge in [-0.05, 0) is 45.0 Å². The summed E-state index contributed by atoms with van der Waals surface area (Å²) in [4.78, 5) is 7.81. The number of aromatic nitrogens is 4. The standard InChI is InChI=1S/C18H22BrN5/c1-13-9-14(2)24(23-13)8-4-7-20-12-18-21-11-17(22-18)15-5-3-6-16(19)10-15/h3,5-6,9-11,20H,4,7-8,12H2,1-2H3,(H,21,22). The predicted octanol–water partition coefficient (Wildman–Crippen LogP) is 3.83. The van der Waals surface area contributed by atoms with Gasteiger partial charge in [-0.25, -0.2) is 4.98 Å². The van der Waals surface area contributed by atoms with E-state index in [1.165, 1.54) is 5.69 Å². The van der Waals surface area contributed by atoms with Gasteiger partial charge in [0.15, 0.2) is 0 Å². The second-order valence-electron chi connectivity index (χ2n) is 5.93. The van der Waals surface area contributed by atoms with Gasteiger partial charge in [-0.15, -0.1) is 0 Å². The van der Waals surface area contributed by atoms with Crippen LogP contribution in [0.25, 0.3) is 11.3 Å². The smallest absolute Gasteiger partial charge is 0.120 e. The summed E-state index contributed by atoms with van der Waals surface area (Å²) < 4.78 is 3.13. The largest absolute Gasteiger partial charge is 0.341 e. The van der Waals surface area contributed by atoms with Gasteiger partial charge < -0.3 is 10.3 Å². The van der Waals surface area contributed by atoms with Crippen LogP contribution in [0.15, 0.2) is 41.0 Å². The third kappa shape index (κ3) is 4.33. The molecule has 1 aromatic carbocycles. The van der Waals surface area contributed by atoms with E-state index in [4.69, 9.17) is 0 Å². The number of H-pyrrole nitrogens is 1. The minimum Gasteiger partial charge on any atom is -0.341 e. The summed E-state index contributed by atoms with van der Waals surface area (Å²) in [6, 6.07) is 10.3. The number of nitrogens with one attached hydrogen (secondary N) is 2. The first-order chi connectivity index (χ1) is 11.6. The molecular weight excluding hydrogens is 366 g/mol.